The number of anilines is 1. The van der Waals surface area contributed by atoms with E-state index < -0.39 is 0 Å². The minimum atomic E-state index is -0.223. The number of aryl methyl sites for hydroxylation is 1. The van der Waals surface area contributed by atoms with Crippen LogP contribution in [0, 0.1) is 0 Å². The van der Waals surface area contributed by atoms with Crippen molar-refractivity contribution in [1.82, 2.24) is 24.8 Å². The Hall–Kier alpha value is -3.46. The monoisotopic (exact) mass is 422 g/mol. The van der Waals surface area contributed by atoms with Gasteiger partial charge >= 0.3 is 0 Å². The largest absolute Gasteiger partial charge is 0.368 e. The van der Waals surface area contributed by atoms with E-state index in [2.05, 4.69) is 25.2 Å². The summed E-state index contributed by atoms with van der Waals surface area (Å²) in [7, 11) is 1.58. The van der Waals surface area contributed by atoms with Gasteiger partial charge in [-0.1, -0.05) is 13.0 Å². The van der Waals surface area contributed by atoms with Gasteiger partial charge in [-0.05, 0) is 30.7 Å². The standard InChI is InChI=1S/C22H26N6O3/c1-3-15-12-17-5-4-16(22(31)28(17)25-20(15)29)14-26-8-10-27(11-9-26)18-6-7-19(24-13-18)21(30)23-2/h4-7,12-13H,3,8-11,14H2,1-2H3,(H,23,30)(H,25,29). The van der Waals surface area contributed by atoms with Gasteiger partial charge in [-0.25, -0.2) is 9.50 Å². The Labute approximate surface area is 179 Å². The van der Waals surface area contributed by atoms with Crippen LogP contribution in [-0.4, -0.2) is 58.6 Å². The summed E-state index contributed by atoms with van der Waals surface area (Å²) in [6.07, 6.45) is 2.34. The zero-order valence-corrected chi connectivity index (χ0v) is 17.7. The molecule has 2 N–H and O–H groups in total. The molecular weight excluding hydrogens is 396 g/mol. The van der Waals surface area contributed by atoms with Crippen LogP contribution in [0.5, 0.6) is 0 Å². The number of nitrogens with one attached hydrogen (secondary N) is 2. The molecule has 0 saturated carbocycles. The minimum absolute atomic E-state index is 0.186. The Bertz CT molecular complexity index is 1210. The summed E-state index contributed by atoms with van der Waals surface area (Å²) in [5, 5.41) is 5.25. The van der Waals surface area contributed by atoms with Gasteiger partial charge in [-0.3, -0.25) is 24.4 Å². The Balaban J connectivity index is 1.43. The average molecular weight is 422 g/mol. The number of rotatable bonds is 5. The Kier molecular flexibility index (Phi) is 5.85. The summed E-state index contributed by atoms with van der Waals surface area (Å²) >= 11 is 0. The number of aromatic nitrogens is 3. The molecule has 0 aromatic carbocycles. The van der Waals surface area contributed by atoms with Gasteiger partial charge in [-0.15, -0.1) is 0 Å². The van der Waals surface area contributed by atoms with Crippen molar-refractivity contribution in [2.75, 3.05) is 38.1 Å². The van der Waals surface area contributed by atoms with E-state index >= 15 is 0 Å². The molecule has 0 atom stereocenters. The van der Waals surface area contributed by atoms with Gasteiger partial charge in [0.05, 0.1) is 17.4 Å². The number of carbonyl (C=O) groups excluding carboxylic acids is 1. The van der Waals surface area contributed by atoms with E-state index in [4.69, 9.17) is 0 Å². The van der Waals surface area contributed by atoms with E-state index in [1.807, 2.05) is 25.1 Å². The second-order valence-electron chi connectivity index (χ2n) is 7.63. The van der Waals surface area contributed by atoms with Crippen LogP contribution in [0.4, 0.5) is 5.69 Å². The lowest BCUT2D eigenvalue weighted by molar-refractivity contribution is 0.0958. The third-order valence-corrected chi connectivity index (χ3v) is 5.74. The van der Waals surface area contributed by atoms with Crippen molar-refractivity contribution in [3.05, 3.63) is 74.1 Å². The number of aromatic amines is 1. The first-order chi connectivity index (χ1) is 15.0. The molecule has 31 heavy (non-hydrogen) atoms. The van der Waals surface area contributed by atoms with Gasteiger partial charge < -0.3 is 10.2 Å². The van der Waals surface area contributed by atoms with Crippen molar-refractivity contribution in [2.45, 2.75) is 19.9 Å². The number of fused-ring (bicyclic) bond motifs is 1. The molecule has 1 amide bonds. The number of nitrogens with zero attached hydrogens (tertiary/aromatic N) is 4. The Morgan fingerprint density at radius 1 is 1.10 bits per heavy atom. The second-order valence-corrected chi connectivity index (χ2v) is 7.63. The molecule has 0 bridgehead atoms. The number of pyridine rings is 2. The van der Waals surface area contributed by atoms with Crippen LogP contribution in [0.3, 0.4) is 0 Å². The highest BCUT2D eigenvalue weighted by atomic mass is 16.2. The number of amides is 1. The molecule has 162 valence electrons. The Morgan fingerprint density at radius 3 is 2.52 bits per heavy atom. The zero-order chi connectivity index (χ0) is 22.0. The van der Waals surface area contributed by atoms with E-state index in [9.17, 15) is 14.4 Å². The van der Waals surface area contributed by atoms with Gasteiger partial charge in [0, 0.05) is 50.9 Å². The Morgan fingerprint density at radius 2 is 1.87 bits per heavy atom. The maximum atomic E-state index is 12.9. The fraction of sp³-hybridized carbons (Fsp3) is 0.364. The summed E-state index contributed by atoms with van der Waals surface area (Å²) in [6.45, 7) is 5.63. The van der Waals surface area contributed by atoms with Crippen LogP contribution < -0.4 is 21.3 Å². The van der Waals surface area contributed by atoms with Crippen molar-refractivity contribution < 1.29 is 4.79 Å². The van der Waals surface area contributed by atoms with Crippen LogP contribution in [0.1, 0.15) is 28.5 Å². The van der Waals surface area contributed by atoms with Crippen molar-refractivity contribution in [3.8, 4) is 0 Å². The SMILES string of the molecule is CCc1cc2ccc(CN3CCN(c4ccc(C(=O)NC)nc4)CC3)c(=O)n2[nH]c1=O. The van der Waals surface area contributed by atoms with Gasteiger partial charge in [0.15, 0.2) is 0 Å². The van der Waals surface area contributed by atoms with Crippen molar-refractivity contribution >= 4 is 17.1 Å². The van der Waals surface area contributed by atoms with E-state index in [0.717, 1.165) is 31.9 Å². The number of hydrogen-bond donors (Lipinski definition) is 2. The predicted molar refractivity (Wildman–Crippen MR) is 119 cm³/mol. The highest BCUT2D eigenvalue weighted by molar-refractivity contribution is 5.92. The molecule has 9 heteroatoms. The third kappa shape index (κ3) is 4.22. The first-order valence-corrected chi connectivity index (χ1v) is 10.4. The van der Waals surface area contributed by atoms with Crippen LogP contribution >= 0.6 is 0 Å². The molecule has 1 saturated heterocycles. The molecule has 1 fully saturated rings. The van der Waals surface area contributed by atoms with Gasteiger partial charge in [0.2, 0.25) is 0 Å². The maximum absolute atomic E-state index is 12.9. The van der Waals surface area contributed by atoms with Gasteiger partial charge in [0.25, 0.3) is 17.0 Å². The minimum Gasteiger partial charge on any atom is -0.368 e. The number of piperazine rings is 1. The molecule has 0 radical (unpaired) electrons. The normalized spacial score (nSPS) is 14.7. The first kappa shape index (κ1) is 20.8. The number of carbonyl (C=O) groups is 1. The molecule has 0 unspecified atom stereocenters. The van der Waals surface area contributed by atoms with Crippen molar-refractivity contribution in [2.24, 2.45) is 0 Å². The van der Waals surface area contributed by atoms with E-state index in [1.54, 1.807) is 25.4 Å². The summed E-state index contributed by atoms with van der Waals surface area (Å²) in [6, 6.07) is 9.13. The highest BCUT2D eigenvalue weighted by Gasteiger charge is 2.19. The second kappa shape index (κ2) is 8.73. The summed E-state index contributed by atoms with van der Waals surface area (Å²) in [5.41, 5.74) is 2.98. The maximum Gasteiger partial charge on any atom is 0.274 e. The quantitative estimate of drug-likeness (QED) is 0.625. The molecule has 0 spiro atoms. The lowest BCUT2D eigenvalue weighted by atomic mass is 10.2. The molecule has 4 rings (SSSR count). The van der Waals surface area contributed by atoms with Crippen LogP contribution in [-0.2, 0) is 13.0 Å². The fourth-order valence-corrected chi connectivity index (χ4v) is 3.86. The van der Waals surface area contributed by atoms with Crippen LogP contribution in [0.15, 0.2) is 46.1 Å². The van der Waals surface area contributed by atoms with E-state index in [-0.39, 0.29) is 17.0 Å². The molecule has 0 aliphatic carbocycles. The fourth-order valence-electron chi connectivity index (χ4n) is 3.86. The van der Waals surface area contributed by atoms with Crippen molar-refractivity contribution in [3.63, 3.8) is 0 Å². The summed E-state index contributed by atoms with van der Waals surface area (Å²) in [5.74, 6) is -0.203. The molecular formula is C22H26N6O3. The predicted octanol–water partition coefficient (Wildman–Crippen LogP) is 0.627. The third-order valence-electron chi connectivity index (χ3n) is 5.74. The summed E-state index contributed by atoms with van der Waals surface area (Å²) in [4.78, 5) is 45.3. The molecule has 4 heterocycles. The molecule has 1 aliphatic heterocycles. The van der Waals surface area contributed by atoms with Gasteiger partial charge in [0.1, 0.15) is 5.69 Å². The van der Waals surface area contributed by atoms with Gasteiger partial charge in [-0.2, -0.15) is 0 Å². The smallest absolute Gasteiger partial charge is 0.274 e. The molecule has 1 aliphatic rings. The van der Waals surface area contributed by atoms with Crippen LogP contribution in [0.2, 0.25) is 0 Å². The zero-order valence-electron chi connectivity index (χ0n) is 17.7. The van der Waals surface area contributed by atoms with E-state index in [0.29, 0.717) is 35.3 Å². The molecule has 9 nitrogen and oxygen atoms in total. The topological polar surface area (TPSA) is 103 Å². The first-order valence-electron chi connectivity index (χ1n) is 10.4. The van der Waals surface area contributed by atoms with Crippen molar-refractivity contribution in [1.29, 1.82) is 0 Å². The lowest BCUT2D eigenvalue weighted by Crippen LogP contribution is -2.46. The number of hydrogen-bond acceptors (Lipinski definition) is 6. The highest BCUT2D eigenvalue weighted by Crippen LogP contribution is 2.16. The molecule has 3 aromatic rings. The van der Waals surface area contributed by atoms with Crippen LogP contribution in [0.25, 0.3) is 5.52 Å². The summed E-state index contributed by atoms with van der Waals surface area (Å²) < 4.78 is 1.34. The lowest BCUT2D eigenvalue weighted by Gasteiger charge is -2.35. The van der Waals surface area contributed by atoms with E-state index in [1.165, 1.54) is 4.52 Å². The average Bonchev–Trinajstić information content (AvgIpc) is 2.81. The number of H-pyrrole nitrogens is 1. The molecule has 3 aromatic heterocycles.